The molecule has 2 aliphatic carbocycles. The maximum absolute atomic E-state index is 6.72. The van der Waals surface area contributed by atoms with Crippen LogP contribution in [0, 0.1) is 60.2 Å². The van der Waals surface area contributed by atoms with Crippen molar-refractivity contribution in [2.24, 2.45) is 10.8 Å². The predicted molar refractivity (Wildman–Crippen MR) is 112 cm³/mol. The van der Waals surface area contributed by atoms with Gasteiger partial charge in [-0.2, -0.15) is 0 Å². The molecule has 3 heteroatoms. The molecule has 2 aliphatic heterocycles. The van der Waals surface area contributed by atoms with E-state index in [0.29, 0.717) is 26.1 Å². The predicted octanol–water partition coefficient (Wildman–Crippen LogP) is 2.82. The molecule has 144 valence electrons. The molecule has 0 aromatic rings. The van der Waals surface area contributed by atoms with E-state index in [9.17, 15) is 0 Å². The van der Waals surface area contributed by atoms with Gasteiger partial charge in [0, 0.05) is 24.0 Å². The summed E-state index contributed by atoms with van der Waals surface area (Å²) in [4.78, 5) is 0. The van der Waals surface area contributed by atoms with Gasteiger partial charge in [0.2, 0.25) is 0 Å². The molecule has 0 saturated carbocycles. The lowest BCUT2D eigenvalue weighted by atomic mass is 9.71. The highest BCUT2D eigenvalue weighted by Crippen LogP contribution is 2.47. The van der Waals surface area contributed by atoms with Crippen LogP contribution < -0.4 is 0 Å². The molecule has 0 aromatic heterocycles. The van der Waals surface area contributed by atoms with E-state index in [2.05, 4.69) is 23.7 Å². The summed E-state index contributed by atoms with van der Waals surface area (Å²) in [5, 5.41) is 0. The van der Waals surface area contributed by atoms with Crippen LogP contribution in [0.4, 0.5) is 0 Å². The zero-order valence-corrected chi connectivity index (χ0v) is 16.1. The zero-order valence-electron chi connectivity index (χ0n) is 16.1. The van der Waals surface area contributed by atoms with Crippen LogP contribution in [-0.2, 0) is 14.2 Å². The number of allylic oxidation sites excluding steroid dienone is 6. The maximum atomic E-state index is 6.72. The van der Waals surface area contributed by atoms with Crippen molar-refractivity contribution in [3.63, 3.8) is 0 Å². The summed E-state index contributed by atoms with van der Waals surface area (Å²) < 4.78 is 18.0. The lowest BCUT2D eigenvalue weighted by Gasteiger charge is -2.41. The molecular formula is C26H22O3. The molecule has 29 heavy (non-hydrogen) atoms. The van der Waals surface area contributed by atoms with Gasteiger partial charge in [-0.05, 0) is 0 Å². The standard InChI is InChI=1S/C26H22O3/c1-5-19-11-9-13-25(7-3,15-19)23(21-17-27-21)29-24(22-18-28-22)26(8-4)14-10-12-20(6-2)16-26/h1-4,9-14,21-24H,15-18H2. The van der Waals surface area contributed by atoms with Crippen LogP contribution in [0.3, 0.4) is 0 Å². The van der Waals surface area contributed by atoms with Crippen molar-refractivity contribution in [2.45, 2.75) is 37.3 Å². The van der Waals surface area contributed by atoms with Crippen LogP contribution >= 0.6 is 0 Å². The topological polar surface area (TPSA) is 34.3 Å². The van der Waals surface area contributed by atoms with Crippen molar-refractivity contribution >= 4 is 0 Å². The van der Waals surface area contributed by atoms with Gasteiger partial charge in [-0.15, -0.1) is 25.7 Å². The minimum absolute atomic E-state index is 0.112. The Labute approximate surface area is 172 Å². The van der Waals surface area contributed by atoms with Gasteiger partial charge in [0.05, 0.1) is 24.0 Å². The van der Waals surface area contributed by atoms with E-state index in [-0.39, 0.29) is 12.2 Å². The lowest BCUT2D eigenvalue weighted by molar-refractivity contribution is -0.102. The number of rotatable bonds is 6. The third-order valence-corrected chi connectivity index (χ3v) is 5.96. The summed E-state index contributed by atoms with van der Waals surface area (Å²) in [6.07, 6.45) is 34.9. The number of epoxide rings is 2. The Hall–Kier alpha value is -2.92. The van der Waals surface area contributed by atoms with Crippen molar-refractivity contribution in [1.29, 1.82) is 0 Å². The first kappa shape index (κ1) is 19.4. The Kier molecular flexibility index (Phi) is 5.01. The third kappa shape index (κ3) is 3.58. The van der Waals surface area contributed by atoms with Crippen LogP contribution in [0.5, 0.6) is 0 Å². The first-order valence-electron chi connectivity index (χ1n) is 9.64. The van der Waals surface area contributed by atoms with Gasteiger partial charge in [-0.25, -0.2) is 0 Å². The summed E-state index contributed by atoms with van der Waals surface area (Å²) in [5.74, 6) is 11.3. The van der Waals surface area contributed by atoms with Crippen molar-refractivity contribution in [1.82, 2.24) is 0 Å². The quantitative estimate of drug-likeness (QED) is 0.523. The summed E-state index contributed by atoms with van der Waals surface area (Å²) >= 11 is 0. The highest BCUT2D eigenvalue weighted by molar-refractivity contribution is 5.42. The summed E-state index contributed by atoms with van der Waals surface area (Å²) in [6.45, 7) is 1.17. The number of hydrogen-bond acceptors (Lipinski definition) is 3. The minimum atomic E-state index is -0.705. The normalized spacial score (nSPS) is 36.3. The van der Waals surface area contributed by atoms with E-state index in [0.717, 1.165) is 11.1 Å². The van der Waals surface area contributed by atoms with Gasteiger partial charge < -0.3 is 14.2 Å². The van der Waals surface area contributed by atoms with E-state index >= 15 is 0 Å². The van der Waals surface area contributed by atoms with Gasteiger partial charge in [0.15, 0.2) is 0 Å². The Morgan fingerprint density at radius 3 is 1.55 bits per heavy atom. The average molecular weight is 382 g/mol. The van der Waals surface area contributed by atoms with Crippen molar-refractivity contribution in [3.05, 3.63) is 47.6 Å². The summed E-state index contributed by atoms with van der Waals surface area (Å²) in [7, 11) is 0. The SMILES string of the molecule is C#CC1=CC=CC(C#C)(C(OC(C2CO2)C2(C#C)C=CC=C(C#C)C2)C2CO2)C1. The zero-order chi connectivity index (χ0) is 20.5. The number of hydrogen-bond donors (Lipinski definition) is 0. The second-order valence-corrected chi connectivity index (χ2v) is 7.83. The molecule has 4 rings (SSSR count). The van der Waals surface area contributed by atoms with Crippen LogP contribution in [0.2, 0.25) is 0 Å². The van der Waals surface area contributed by atoms with Crippen molar-refractivity contribution in [3.8, 4) is 49.4 Å². The molecule has 0 radical (unpaired) electrons. The lowest BCUT2D eigenvalue weighted by Crippen LogP contribution is -2.49. The third-order valence-electron chi connectivity index (χ3n) is 5.96. The number of terminal acetylenes is 4. The molecule has 6 unspecified atom stereocenters. The summed E-state index contributed by atoms with van der Waals surface area (Å²) in [6, 6.07) is 0. The number of ether oxygens (including phenoxy) is 3. The van der Waals surface area contributed by atoms with E-state index in [1.807, 2.05) is 36.5 Å². The molecule has 0 spiro atoms. The molecule has 6 atom stereocenters. The van der Waals surface area contributed by atoms with Crippen LogP contribution in [-0.4, -0.2) is 37.6 Å². The molecule has 0 bridgehead atoms. The highest BCUT2D eigenvalue weighted by Gasteiger charge is 2.54. The molecule has 2 saturated heterocycles. The maximum Gasteiger partial charge on any atom is 0.109 e. The Balaban J connectivity index is 1.67. The van der Waals surface area contributed by atoms with Gasteiger partial charge in [0.25, 0.3) is 0 Å². The Morgan fingerprint density at radius 2 is 1.24 bits per heavy atom. The van der Waals surface area contributed by atoms with Gasteiger partial charge in [-0.3, -0.25) is 0 Å². The molecule has 2 heterocycles. The monoisotopic (exact) mass is 382 g/mol. The highest BCUT2D eigenvalue weighted by atomic mass is 16.6. The molecular weight excluding hydrogens is 360 g/mol. The fourth-order valence-electron chi connectivity index (χ4n) is 4.19. The first-order chi connectivity index (χ1) is 14.1. The summed E-state index contributed by atoms with van der Waals surface area (Å²) in [5.41, 5.74) is 0.259. The minimum Gasteiger partial charge on any atom is -0.370 e. The first-order valence-corrected chi connectivity index (χ1v) is 9.64. The van der Waals surface area contributed by atoms with E-state index in [4.69, 9.17) is 39.9 Å². The molecule has 4 aliphatic rings. The fraction of sp³-hybridized carbons (Fsp3) is 0.385. The van der Waals surface area contributed by atoms with Gasteiger partial charge in [0.1, 0.15) is 24.4 Å². The van der Waals surface area contributed by atoms with Crippen LogP contribution in [0.25, 0.3) is 0 Å². The second kappa shape index (κ2) is 7.48. The molecule has 0 amide bonds. The van der Waals surface area contributed by atoms with Gasteiger partial charge >= 0.3 is 0 Å². The van der Waals surface area contributed by atoms with E-state index < -0.39 is 23.0 Å². The van der Waals surface area contributed by atoms with Gasteiger partial charge in [-0.1, -0.05) is 60.1 Å². The largest absolute Gasteiger partial charge is 0.370 e. The average Bonchev–Trinajstić information content (AvgIpc) is 3.68. The van der Waals surface area contributed by atoms with E-state index in [1.54, 1.807) is 0 Å². The molecule has 0 N–H and O–H groups in total. The smallest absolute Gasteiger partial charge is 0.109 e. The molecule has 0 aromatic carbocycles. The van der Waals surface area contributed by atoms with Crippen molar-refractivity contribution < 1.29 is 14.2 Å². The van der Waals surface area contributed by atoms with E-state index in [1.165, 1.54) is 0 Å². The fourth-order valence-corrected chi connectivity index (χ4v) is 4.19. The Morgan fingerprint density at radius 1 is 0.828 bits per heavy atom. The van der Waals surface area contributed by atoms with Crippen LogP contribution in [0.15, 0.2) is 47.6 Å². The Bertz CT molecular complexity index is 895. The van der Waals surface area contributed by atoms with Crippen molar-refractivity contribution in [2.75, 3.05) is 13.2 Å². The molecule has 2 fully saturated rings. The van der Waals surface area contributed by atoms with Crippen LogP contribution in [0.1, 0.15) is 12.8 Å². The molecule has 3 nitrogen and oxygen atoms in total. The second-order valence-electron chi connectivity index (χ2n) is 7.83.